The van der Waals surface area contributed by atoms with Gasteiger partial charge in [0.05, 0.1) is 0 Å². The summed E-state index contributed by atoms with van der Waals surface area (Å²) in [7, 11) is 0. The van der Waals surface area contributed by atoms with Crippen LogP contribution in [-0.4, -0.2) is 53.5 Å². The van der Waals surface area contributed by atoms with E-state index in [4.69, 9.17) is 4.74 Å². The molecule has 1 aliphatic carbocycles. The summed E-state index contributed by atoms with van der Waals surface area (Å²) in [6, 6.07) is 4.74. The molecule has 0 spiro atoms. The van der Waals surface area contributed by atoms with Gasteiger partial charge in [-0.15, -0.1) is 0 Å². The van der Waals surface area contributed by atoms with Crippen LogP contribution in [0.25, 0.3) is 0 Å². The van der Waals surface area contributed by atoms with E-state index in [2.05, 4.69) is 4.90 Å². The number of piperidine rings is 2. The number of fused-ring (bicyclic) bond motifs is 1. The molecule has 3 aliphatic rings. The Labute approximate surface area is 153 Å². The van der Waals surface area contributed by atoms with E-state index in [0.29, 0.717) is 12.0 Å². The van der Waals surface area contributed by atoms with Gasteiger partial charge in [0.15, 0.2) is 17.7 Å². The van der Waals surface area contributed by atoms with Crippen LogP contribution in [0.4, 0.5) is 8.78 Å². The summed E-state index contributed by atoms with van der Waals surface area (Å²) in [6.07, 6.45) is 5.34. The lowest BCUT2D eigenvalue weighted by Gasteiger charge is -2.47. The number of ether oxygens (including phenoxy) is 1. The zero-order valence-corrected chi connectivity index (χ0v) is 15.2. The molecule has 4 rings (SSSR count). The van der Waals surface area contributed by atoms with Gasteiger partial charge in [0.1, 0.15) is 5.75 Å². The van der Waals surface area contributed by atoms with Gasteiger partial charge in [-0.3, -0.25) is 9.69 Å². The number of rotatable bonds is 4. The molecule has 1 amide bonds. The van der Waals surface area contributed by atoms with Gasteiger partial charge >= 0.3 is 0 Å². The number of likely N-dealkylation sites (tertiary alicyclic amines) is 2. The van der Waals surface area contributed by atoms with Crippen molar-refractivity contribution in [2.45, 2.75) is 57.2 Å². The monoisotopic (exact) mass is 364 g/mol. The normalized spacial score (nSPS) is 27.7. The Morgan fingerprint density at radius 2 is 1.96 bits per heavy atom. The van der Waals surface area contributed by atoms with Crippen molar-refractivity contribution in [3.8, 4) is 5.75 Å². The fourth-order valence-corrected chi connectivity index (χ4v) is 4.56. The maximum absolute atomic E-state index is 13.3. The zero-order valence-electron chi connectivity index (χ0n) is 15.2. The van der Waals surface area contributed by atoms with Crippen LogP contribution in [-0.2, 0) is 4.79 Å². The standard InChI is InChI=1S/C20H26F2N2O2/c1-13(26-16-6-7-17(21)18(22)11-16)20(25)23-10-8-19-14(12-23)3-2-9-24(19)15-4-5-15/h6-7,11,13-15,19H,2-5,8-10,12H2,1H3/t13-,14-,19-/m0/s1. The van der Waals surface area contributed by atoms with Crippen molar-refractivity contribution < 1.29 is 18.3 Å². The molecular weight excluding hydrogens is 338 g/mol. The first-order valence-electron chi connectivity index (χ1n) is 9.69. The lowest BCUT2D eigenvalue weighted by molar-refractivity contribution is -0.141. The van der Waals surface area contributed by atoms with E-state index in [9.17, 15) is 13.6 Å². The van der Waals surface area contributed by atoms with E-state index >= 15 is 0 Å². The van der Waals surface area contributed by atoms with Crippen molar-refractivity contribution in [1.82, 2.24) is 9.80 Å². The summed E-state index contributed by atoms with van der Waals surface area (Å²) >= 11 is 0. The number of hydrogen-bond donors (Lipinski definition) is 0. The molecule has 0 aromatic heterocycles. The topological polar surface area (TPSA) is 32.8 Å². The molecule has 1 aromatic carbocycles. The molecule has 0 radical (unpaired) electrons. The van der Waals surface area contributed by atoms with Crippen LogP contribution in [0.2, 0.25) is 0 Å². The van der Waals surface area contributed by atoms with Gasteiger partial charge < -0.3 is 9.64 Å². The van der Waals surface area contributed by atoms with E-state index in [0.717, 1.165) is 37.7 Å². The fourth-order valence-electron chi connectivity index (χ4n) is 4.56. The zero-order chi connectivity index (χ0) is 18.3. The Morgan fingerprint density at radius 3 is 2.69 bits per heavy atom. The van der Waals surface area contributed by atoms with Gasteiger partial charge in [0.2, 0.25) is 0 Å². The van der Waals surface area contributed by atoms with Crippen molar-refractivity contribution in [2.24, 2.45) is 5.92 Å². The highest BCUT2D eigenvalue weighted by atomic mass is 19.2. The number of benzene rings is 1. The number of carbonyl (C=O) groups is 1. The van der Waals surface area contributed by atoms with E-state index in [-0.39, 0.29) is 11.7 Å². The molecule has 0 unspecified atom stereocenters. The highest BCUT2D eigenvalue weighted by molar-refractivity contribution is 5.81. The summed E-state index contributed by atoms with van der Waals surface area (Å²) in [5, 5.41) is 0. The molecule has 3 fully saturated rings. The van der Waals surface area contributed by atoms with Crippen molar-refractivity contribution in [3.63, 3.8) is 0 Å². The maximum atomic E-state index is 13.3. The molecule has 2 aliphatic heterocycles. The summed E-state index contributed by atoms with van der Waals surface area (Å²) < 4.78 is 31.9. The summed E-state index contributed by atoms with van der Waals surface area (Å²) in [5.41, 5.74) is 0. The van der Waals surface area contributed by atoms with Crippen LogP contribution in [0.5, 0.6) is 5.75 Å². The first kappa shape index (κ1) is 17.7. The second kappa shape index (κ2) is 7.14. The van der Waals surface area contributed by atoms with Gasteiger partial charge in [0, 0.05) is 31.2 Å². The number of halogens is 2. The molecular formula is C20H26F2N2O2. The van der Waals surface area contributed by atoms with E-state index < -0.39 is 17.7 Å². The van der Waals surface area contributed by atoms with Gasteiger partial charge in [-0.2, -0.15) is 0 Å². The third-order valence-corrected chi connectivity index (χ3v) is 5.99. The Hall–Kier alpha value is -1.69. The quantitative estimate of drug-likeness (QED) is 0.823. The SMILES string of the molecule is C[C@H](Oc1ccc(F)c(F)c1)C(=O)N1CC[C@H]2[C@@H](CCCN2C2CC2)C1. The number of hydrogen-bond acceptors (Lipinski definition) is 3. The van der Waals surface area contributed by atoms with Crippen LogP contribution >= 0.6 is 0 Å². The van der Waals surface area contributed by atoms with Crippen molar-refractivity contribution in [1.29, 1.82) is 0 Å². The third kappa shape index (κ3) is 3.56. The van der Waals surface area contributed by atoms with Crippen molar-refractivity contribution in [3.05, 3.63) is 29.8 Å². The molecule has 1 saturated carbocycles. The minimum Gasteiger partial charge on any atom is -0.481 e. The Bertz CT molecular complexity index is 680. The Morgan fingerprint density at radius 1 is 1.15 bits per heavy atom. The Kier molecular flexibility index (Phi) is 4.86. The number of amides is 1. The highest BCUT2D eigenvalue weighted by Gasteiger charge is 2.43. The van der Waals surface area contributed by atoms with Crippen LogP contribution in [0, 0.1) is 17.6 Å². The van der Waals surface area contributed by atoms with E-state index in [1.807, 2.05) is 4.90 Å². The molecule has 6 heteroatoms. The average molecular weight is 364 g/mol. The van der Waals surface area contributed by atoms with Gasteiger partial charge in [-0.05, 0) is 63.6 Å². The molecule has 4 nitrogen and oxygen atoms in total. The minimum atomic E-state index is -0.967. The summed E-state index contributed by atoms with van der Waals surface area (Å²) in [6.45, 7) is 4.40. The van der Waals surface area contributed by atoms with Crippen molar-refractivity contribution in [2.75, 3.05) is 19.6 Å². The second-order valence-electron chi connectivity index (χ2n) is 7.85. The molecule has 2 saturated heterocycles. The van der Waals surface area contributed by atoms with Crippen LogP contribution in [0.1, 0.15) is 39.0 Å². The van der Waals surface area contributed by atoms with Crippen LogP contribution in [0.15, 0.2) is 18.2 Å². The molecule has 1 aromatic rings. The average Bonchev–Trinajstić information content (AvgIpc) is 3.48. The van der Waals surface area contributed by atoms with Gasteiger partial charge in [-0.1, -0.05) is 0 Å². The summed E-state index contributed by atoms with van der Waals surface area (Å²) in [4.78, 5) is 17.3. The molecule has 142 valence electrons. The third-order valence-electron chi connectivity index (χ3n) is 5.99. The minimum absolute atomic E-state index is 0.0725. The fraction of sp³-hybridized carbons (Fsp3) is 0.650. The smallest absolute Gasteiger partial charge is 0.263 e. The number of carbonyl (C=O) groups excluding carboxylic acids is 1. The van der Waals surface area contributed by atoms with Crippen LogP contribution < -0.4 is 4.74 Å². The maximum Gasteiger partial charge on any atom is 0.263 e. The predicted molar refractivity (Wildman–Crippen MR) is 93.9 cm³/mol. The number of nitrogens with zero attached hydrogens (tertiary/aromatic N) is 2. The largest absolute Gasteiger partial charge is 0.481 e. The molecule has 2 heterocycles. The first-order valence-corrected chi connectivity index (χ1v) is 9.69. The molecule has 0 bridgehead atoms. The van der Waals surface area contributed by atoms with Gasteiger partial charge in [0.25, 0.3) is 5.91 Å². The highest BCUT2D eigenvalue weighted by Crippen LogP contribution is 2.38. The lowest BCUT2D eigenvalue weighted by Crippen LogP contribution is -2.57. The lowest BCUT2D eigenvalue weighted by atomic mass is 9.83. The second-order valence-corrected chi connectivity index (χ2v) is 7.85. The van der Waals surface area contributed by atoms with E-state index in [1.165, 1.54) is 38.3 Å². The predicted octanol–water partition coefficient (Wildman–Crippen LogP) is 3.21. The summed E-state index contributed by atoms with van der Waals surface area (Å²) in [5.74, 6) is -1.24. The molecule has 0 N–H and O–H groups in total. The molecule has 3 atom stereocenters. The molecule has 26 heavy (non-hydrogen) atoms. The van der Waals surface area contributed by atoms with E-state index in [1.54, 1.807) is 6.92 Å². The van der Waals surface area contributed by atoms with Crippen LogP contribution in [0.3, 0.4) is 0 Å². The van der Waals surface area contributed by atoms with Crippen molar-refractivity contribution >= 4 is 5.91 Å². The van der Waals surface area contributed by atoms with Gasteiger partial charge in [-0.25, -0.2) is 8.78 Å². The first-order chi connectivity index (χ1) is 12.5. The Balaban J connectivity index is 1.36.